The van der Waals surface area contributed by atoms with Gasteiger partial charge in [0.15, 0.2) is 9.84 Å². The topological polar surface area (TPSA) is 90.7 Å². The molecule has 3 N–H and O–H groups in total. The van der Waals surface area contributed by atoms with Gasteiger partial charge in [0.25, 0.3) is 0 Å². The molecule has 0 bridgehead atoms. The third kappa shape index (κ3) is 3.48. The summed E-state index contributed by atoms with van der Waals surface area (Å²) in [5.74, 6) is 7.08. The second kappa shape index (κ2) is 6.64. The molecule has 1 aromatic carbocycles. The minimum absolute atomic E-state index is 0.219. The van der Waals surface area contributed by atoms with Gasteiger partial charge in [-0.3, -0.25) is 11.3 Å². The van der Waals surface area contributed by atoms with Gasteiger partial charge in [0.2, 0.25) is 0 Å². The molecule has 0 saturated carbocycles. The van der Waals surface area contributed by atoms with Crippen LogP contribution in [-0.2, 0) is 9.84 Å². The van der Waals surface area contributed by atoms with Gasteiger partial charge in [0.1, 0.15) is 11.5 Å². The van der Waals surface area contributed by atoms with Gasteiger partial charge >= 0.3 is 0 Å². The Morgan fingerprint density at radius 1 is 1.19 bits per heavy atom. The van der Waals surface area contributed by atoms with E-state index in [9.17, 15) is 8.42 Å². The first-order valence-electron chi connectivity index (χ1n) is 6.92. The minimum Gasteiger partial charge on any atom is -0.497 e. The van der Waals surface area contributed by atoms with E-state index in [0.717, 1.165) is 18.4 Å². The van der Waals surface area contributed by atoms with Crippen LogP contribution in [0.4, 0.5) is 0 Å². The van der Waals surface area contributed by atoms with Gasteiger partial charge in [0, 0.05) is 6.07 Å². The molecule has 2 unspecified atom stereocenters. The Kier molecular flexibility index (Phi) is 5.08. The molecule has 1 aromatic rings. The van der Waals surface area contributed by atoms with Gasteiger partial charge in [-0.25, -0.2) is 8.42 Å². The third-order valence-corrected chi connectivity index (χ3v) is 6.20. The van der Waals surface area contributed by atoms with Crippen molar-refractivity contribution in [3.63, 3.8) is 0 Å². The third-order valence-electron chi connectivity index (χ3n) is 3.91. The summed E-state index contributed by atoms with van der Waals surface area (Å²) >= 11 is 0. The van der Waals surface area contributed by atoms with E-state index < -0.39 is 21.1 Å². The van der Waals surface area contributed by atoms with Crippen molar-refractivity contribution in [3.05, 3.63) is 23.8 Å². The Bertz CT molecular complexity index is 566. The standard InChI is InChI=1S/C14H22N2O4S/c1-19-11-7-10(8-12(9-11)20-2)14(16-15)13-5-3-4-6-21(13,17)18/h7-9,13-14,16H,3-6,15H2,1-2H3. The predicted molar refractivity (Wildman–Crippen MR) is 81.0 cm³/mol. The average molecular weight is 314 g/mol. The molecule has 0 aromatic heterocycles. The lowest BCUT2D eigenvalue weighted by Gasteiger charge is -2.30. The highest BCUT2D eigenvalue weighted by Gasteiger charge is 2.36. The van der Waals surface area contributed by atoms with Crippen LogP contribution in [0.25, 0.3) is 0 Å². The van der Waals surface area contributed by atoms with Crippen LogP contribution in [0.15, 0.2) is 18.2 Å². The smallest absolute Gasteiger partial charge is 0.155 e. The second-order valence-electron chi connectivity index (χ2n) is 5.19. The number of hydrazine groups is 1. The maximum Gasteiger partial charge on any atom is 0.155 e. The number of methoxy groups -OCH3 is 2. The summed E-state index contributed by atoms with van der Waals surface area (Å²) < 4.78 is 35.1. The van der Waals surface area contributed by atoms with E-state index in [-0.39, 0.29) is 5.75 Å². The van der Waals surface area contributed by atoms with E-state index in [2.05, 4.69) is 5.43 Å². The predicted octanol–water partition coefficient (Wildman–Crippen LogP) is 1.18. The van der Waals surface area contributed by atoms with Crippen LogP contribution in [0.5, 0.6) is 11.5 Å². The van der Waals surface area contributed by atoms with Crippen molar-refractivity contribution in [2.75, 3.05) is 20.0 Å². The van der Waals surface area contributed by atoms with E-state index in [0.29, 0.717) is 17.9 Å². The van der Waals surface area contributed by atoms with Crippen LogP contribution in [0.1, 0.15) is 30.9 Å². The summed E-state index contributed by atoms with van der Waals surface area (Å²) in [4.78, 5) is 0. The van der Waals surface area contributed by atoms with Gasteiger partial charge in [-0.2, -0.15) is 0 Å². The van der Waals surface area contributed by atoms with Gasteiger partial charge in [-0.15, -0.1) is 0 Å². The fourth-order valence-electron chi connectivity index (χ4n) is 2.78. The Hall–Kier alpha value is -1.31. The molecule has 0 spiro atoms. The summed E-state index contributed by atoms with van der Waals surface area (Å²) in [5, 5.41) is -0.520. The zero-order valence-electron chi connectivity index (χ0n) is 12.3. The van der Waals surface area contributed by atoms with Crippen molar-refractivity contribution in [1.29, 1.82) is 0 Å². The molecule has 2 rings (SSSR count). The molecule has 0 amide bonds. The Morgan fingerprint density at radius 3 is 2.29 bits per heavy atom. The van der Waals surface area contributed by atoms with Crippen LogP contribution in [0, 0.1) is 0 Å². The largest absolute Gasteiger partial charge is 0.497 e. The maximum absolute atomic E-state index is 12.3. The number of nitrogens with one attached hydrogen (secondary N) is 1. The van der Waals surface area contributed by atoms with Crippen molar-refractivity contribution in [2.45, 2.75) is 30.6 Å². The zero-order valence-corrected chi connectivity index (χ0v) is 13.2. The Balaban J connectivity index is 2.41. The summed E-state index contributed by atoms with van der Waals surface area (Å²) in [6.07, 6.45) is 2.22. The summed E-state index contributed by atoms with van der Waals surface area (Å²) in [6, 6.07) is 4.85. The minimum atomic E-state index is -3.15. The fourth-order valence-corrected chi connectivity index (χ4v) is 4.87. The quantitative estimate of drug-likeness (QED) is 0.626. The van der Waals surface area contributed by atoms with E-state index in [1.54, 1.807) is 32.4 Å². The molecule has 1 aliphatic heterocycles. The summed E-state index contributed by atoms with van der Waals surface area (Å²) in [6.45, 7) is 0. The van der Waals surface area contributed by atoms with Crippen molar-refractivity contribution in [2.24, 2.45) is 5.84 Å². The van der Waals surface area contributed by atoms with Crippen LogP contribution >= 0.6 is 0 Å². The van der Waals surface area contributed by atoms with Crippen LogP contribution in [0.3, 0.4) is 0 Å². The van der Waals surface area contributed by atoms with Crippen LogP contribution < -0.4 is 20.7 Å². The summed E-state index contributed by atoms with van der Waals surface area (Å²) in [5.41, 5.74) is 3.41. The van der Waals surface area contributed by atoms with Crippen LogP contribution in [-0.4, -0.2) is 33.6 Å². The van der Waals surface area contributed by atoms with E-state index in [4.69, 9.17) is 15.3 Å². The average Bonchev–Trinajstić information content (AvgIpc) is 2.49. The number of hydrogen-bond donors (Lipinski definition) is 2. The molecule has 118 valence electrons. The second-order valence-corrected chi connectivity index (χ2v) is 7.53. The number of benzene rings is 1. The van der Waals surface area contributed by atoms with E-state index in [1.807, 2.05) is 0 Å². The molecular weight excluding hydrogens is 292 g/mol. The number of hydrogen-bond acceptors (Lipinski definition) is 6. The molecule has 6 nitrogen and oxygen atoms in total. The normalized spacial score (nSPS) is 22.5. The molecule has 1 heterocycles. The lowest BCUT2D eigenvalue weighted by Crippen LogP contribution is -2.43. The summed E-state index contributed by atoms with van der Waals surface area (Å²) in [7, 11) is -0.0336. The number of nitrogens with two attached hydrogens (primary N) is 1. The van der Waals surface area contributed by atoms with E-state index in [1.165, 1.54) is 0 Å². The van der Waals surface area contributed by atoms with Gasteiger partial charge in [-0.05, 0) is 30.5 Å². The van der Waals surface area contributed by atoms with Crippen molar-refractivity contribution >= 4 is 9.84 Å². The number of rotatable bonds is 5. The molecular formula is C14H22N2O4S. The lowest BCUT2D eigenvalue weighted by atomic mass is 9.99. The van der Waals surface area contributed by atoms with Gasteiger partial charge < -0.3 is 9.47 Å². The molecule has 1 fully saturated rings. The van der Waals surface area contributed by atoms with Crippen LogP contribution in [0.2, 0.25) is 0 Å². The Morgan fingerprint density at radius 2 is 1.81 bits per heavy atom. The molecule has 1 saturated heterocycles. The highest BCUT2D eigenvalue weighted by molar-refractivity contribution is 7.92. The van der Waals surface area contributed by atoms with Gasteiger partial charge in [0.05, 0.1) is 31.3 Å². The molecule has 7 heteroatoms. The molecule has 21 heavy (non-hydrogen) atoms. The molecule has 1 aliphatic rings. The lowest BCUT2D eigenvalue weighted by molar-refractivity contribution is 0.389. The fraction of sp³-hybridized carbons (Fsp3) is 0.571. The first kappa shape index (κ1) is 16.1. The molecule has 0 aliphatic carbocycles. The molecule has 0 radical (unpaired) electrons. The molecule has 2 atom stereocenters. The maximum atomic E-state index is 12.3. The Labute approximate surface area is 125 Å². The number of sulfone groups is 1. The van der Waals surface area contributed by atoms with E-state index >= 15 is 0 Å². The monoisotopic (exact) mass is 314 g/mol. The van der Waals surface area contributed by atoms with Crippen molar-refractivity contribution in [1.82, 2.24) is 5.43 Å². The SMILES string of the molecule is COc1cc(OC)cc(C(NN)C2CCCCS2(=O)=O)c1. The highest BCUT2D eigenvalue weighted by Crippen LogP contribution is 2.33. The number of ether oxygens (including phenoxy) is 2. The first-order chi connectivity index (χ1) is 10.0. The highest BCUT2D eigenvalue weighted by atomic mass is 32.2. The first-order valence-corrected chi connectivity index (χ1v) is 8.64. The van der Waals surface area contributed by atoms with Crippen molar-refractivity contribution in [3.8, 4) is 11.5 Å². The zero-order chi connectivity index (χ0) is 15.5. The van der Waals surface area contributed by atoms with Gasteiger partial charge in [-0.1, -0.05) is 6.42 Å². The van der Waals surface area contributed by atoms with Crippen molar-refractivity contribution < 1.29 is 17.9 Å².